The number of aliphatic hydroxyl groups excluding tert-OH is 5. The predicted octanol–water partition coefficient (Wildman–Crippen LogP) is 16.3. The maximum Gasteiger partial charge on any atom is 0.220 e. The normalized spacial score (nSPS) is 19.2. The number of carbonyl (C=O) groups is 1. The Kier molecular flexibility index (Phi) is 51.2. The van der Waals surface area contributed by atoms with Gasteiger partial charge in [0, 0.05) is 6.42 Å². The van der Waals surface area contributed by atoms with Crippen molar-refractivity contribution in [2.45, 2.75) is 352 Å². The SMILES string of the molecule is CCCCCCCCCCCCCC/C=C/CC/C=C/CC/C=C/C(O)C(COC1OC(CO)C(O)C(O)C1O)NC(=O)CCCCCCCCCCCCCCCCCCCCCCCCCCCCCC. The number of unbranched alkanes of at least 4 members (excludes halogenated alkanes) is 41. The molecule has 9 nitrogen and oxygen atoms in total. The van der Waals surface area contributed by atoms with Gasteiger partial charge in [0.2, 0.25) is 5.91 Å². The average Bonchev–Trinajstić information content (AvgIpc) is 3.39. The summed E-state index contributed by atoms with van der Waals surface area (Å²) < 4.78 is 11.3. The number of ether oxygens (including phenoxy) is 2. The first-order chi connectivity index (χ1) is 35.8. The van der Waals surface area contributed by atoms with Crippen LogP contribution in [0.5, 0.6) is 0 Å². The number of amides is 1. The molecule has 0 aromatic rings. The van der Waals surface area contributed by atoms with E-state index in [0.717, 1.165) is 44.9 Å². The second kappa shape index (κ2) is 53.8. The van der Waals surface area contributed by atoms with Crippen LogP contribution in [0.25, 0.3) is 0 Å². The molecule has 430 valence electrons. The van der Waals surface area contributed by atoms with Crippen LogP contribution in [-0.2, 0) is 14.3 Å². The Morgan fingerprint density at radius 3 is 1.15 bits per heavy atom. The second-order valence-corrected chi connectivity index (χ2v) is 22.2. The van der Waals surface area contributed by atoms with Gasteiger partial charge in [-0.3, -0.25) is 4.79 Å². The summed E-state index contributed by atoms with van der Waals surface area (Å²) in [6, 6.07) is -0.827. The summed E-state index contributed by atoms with van der Waals surface area (Å²) in [6.45, 7) is 3.80. The van der Waals surface area contributed by atoms with Crippen molar-refractivity contribution in [3.63, 3.8) is 0 Å². The third kappa shape index (κ3) is 43.1. The molecule has 1 saturated heterocycles. The van der Waals surface area contributed by atoms with Crippen LogP contribution < -0.4 is 5.32 Å². The minimum absolute atomic E-state index is 0.185. The van der Waals surface area contributed by atoms with Crippen molar-refractivity contribution < 1.29 is 39.8 Å². The molecule has 1 heterocycles. The van der Waals surface area contributed by atoms with E-state index in [0.29, 0.717) is 6.42 Å². The van der Waals surface area contributed by atoms with Gasteiger partial charge in [0.25, 0.3) is 0 Å². The molecule has 1 rings (SSSR count). The van der Waals surface area contributed by atoms with Crippen LogP contribution in [-0.4, -0.2) is 87.5 Å². The molecule has 1 fully saturated rings. The van der Waals surface area contributed by atoms with E-state index in [1.807, 2.05) is 6.08 Å². The molecule has 0 radical (unpaired) electrons. The molecule has 0 aromatic carbocycles. The molecule has 0 saturated carbocycles. The highest BCUT2D eigenvalue weighted by Crippen LogP contribution is 2.23. The topological polar surface area (TPSA) is 149 Å². The zero-order chi connectivity index (χ0) is 52.9. The van der Waals surface area contributed by atoms with Crippen molar-refractivity contribution >= 4 is 5.91 Å². The van der Waals surface area contributed by atoms with Gasteiger partial charge in [-0.15, -0.1) is 0 Å². The number of hydrogen-bond acceptors (Lipinski definition) is 8. The van der Waals surface area contributed by atoms with E-state index in [2.05, 4.69) is 43.5 Å². The van der Waals surface area contributed by atoms with E-state index >= 15 is 0 Å². The molecule has 1 aliphatic rings. The van der Waals surface area contributed by atoms with Gasteiger partial charge in [0.15, 0.2) is 6.29 Å². The van der Waals surface area contributed by atoms with Crippen LogP contribution in [0.4, 0.5) is 0 Å². The summed E-state index contributed by atoms with van der Waals surface area (Å²) in [7, 11) is 0. The smallest absolute Gasteiger partial charge is 0.220 e. The fourth-order valence-electron chi connectivity index (χ4n) is 10.2. The number of carbonyl (C=O) groups excluding carboxylic acids is 1. The molecule has 7 unspecified atom stereocenters. The van der Waals surface area contributed by atoms with Crippen LogP contribution in [0.3, 0.4) is 0 Å². The molecule has 7 atom stereocenters. The van der Waals surface area contributed by atoms with Gasteiger partial charge in [-0.1, -0.05) is 294 Å². The monoisotopic (exact) mass is 1030 g/mol. The van der Waals surface area contributed by atoms with Gasteiger partial charge >= 0.3 is 0 Å². The summed E-state index contributed by atoms with van der Waals surface area (Å²) in [5.41, 5.74) is 0. The quantitative estimate of drug-likeness (QED) is 0.0261. The highest BCUT2D eigenvalue weighted by Gasteiger charge is 2.44. The van der Waals surface area contributed by atoms with Gasteiger partial charge in [-0.2, -0.15) is 0 Å². The fraction of sp³-hybridized carbons (Fsp3) is 0.891. The summed E-state index contributed by atoms with van der Waals surface area (Å²) in [4.78, 5) is 13.1. The molecule has 1 aliphatic heterocycles. The molecule has 0 aliphatic carbocycles. The van der Waals surface area contributed by atoms with Crippen LogP contribution in [0.15, 0.2) is 36.5 Å². The van der Waals surface area contributed by atoms with Crippen molar-refractivity contribution in [3.05, 3.63) is 36.5 Å². The van der Waals surface area contributed by atoms with Crippen molar-refractivity contribution in [2.75, 3.05) is 13.2 Å². The van der Waals surface area contributed by atoms with E-state index in [-0.39, 0.29) is 12.5 Å². The van der Waals surface area contributed by atoms with E-state index in [4.69, 9.17) is 9.47 Å². The van der Waals surface area contributed by atoms with Gasteiger partial charge in [0.05, 0.1) is 25.4 Å². The van der Waals surface area contributed by atoms with Gasteiger partial charge < -0.3 is 40.3 Å². The molecule has 9 heteroatoms. The minimum Gasteiger partial charge on any atom is -0.394 e. The molecule has 73 heavy (non-hydrogen) atoms. The molecule has 0 bridgehead atoms. The molecule has 6 N–H and O–H groups in total. The van der Waals surface area contributed by atoms with Gasteiger partial charge in [-0.25, -0.2) is 0 Å². The van der Waals surface area contributed by atoms with E-state index in [9.17, 15) is 30.3 Å². The molecular formula is C64H121NO8. The van der Waals surface area contributed by atoms with Crippen LogP contribution >= 0.6 is 0 Å². The number of rotatable bonds is 55. The number of aliphatic hydroxyl groups is 5. The molecule has 1 amide bonds. The lowest BCUT2D eigenvalue weighted by Crippen LogP contribution is -2.60. The Balaban J connectivity index is 2.19. The highest BCUT2D eigenvalue weighted by atomic mass is 16.7. The fourth-order valence-corrected chi connectivity index (χ4v) is 10.2. The van der Waals surface area contributed by atoms with Crippen LogP contribution in [0.2, 0.25) is 0 Å². The summed E-state index contributed by atoms with van der Waals surface area (Å²) >= 11 is 0. The number of hydrogen-bond donors (Lipinski definition) is 6. The second-order valence-electron chi connectivity index (χ2n) is 22.2. The lowest BCUT2D eigenvalue weighted by Gasteiger charge is -2.40. The largest absolute Gasteiger partial charge is 0.394 e. The van der Waals surface area contributed by atoms with Crippen LogP contribution in [0.1, 0.15) is 309 Å². The lowest BCUT2D eigenvalue weighted by atomic mass is 9.99. The van der Waals surface area contributed by atoms with E-state index < -0.39 is 49.5 Å². The third-order valence-electron chi connectivity index (χ3n) is 15.2. The van der Waals surface area contributed by atoms with Gasteiger partial charge in [0.1, 0.15) is 24.4 Å². The maximum atomic E-state index is 13.1. The zero-order valence-electron chi connectivity index (χ0n) is 47.9. The first-order valence-electron chi connectivity index (χ1n) is 31.7. The average molecular weight is 1030 g/mol. The Morgan fingerprint density at radius 2 is 0.781 bits per heavy atom. The van der Waals surface area contributed by atoms with Crippen molar-refractivity contribution in [1.29, 1.82) is 0 Å². The molecule has 0 aromatic heterocycles. The zero-order valence-corrected chi connectivity index (χ0v) is 47.9. The standard InChI is InChI=1S/C64H121NO8/c1-3-5-7-9-11-13-15-17-19-21-23-25-27-28-29-30-31-32-34-36-38-40-42-44-46-48-50-52-54-60(68)65-57(56-72-64-63(71)62(70)61(69)59(55-66)73-64)58(67)53-51-49-47-45-43-41-39-37-35-33-26-24-22-20-18-16-14-12-10-8-6-4-2/h35,37,43,45,51,53,57-59,61-64,66-67,69-71H,3-34,36,38-42,44,46-50,52,54-56H2,1-2H3,(H,65,68)/b37-35+,45-43+,53-51+. The molecule has 0 spiro atoms. The third-order valence-corrected chi connectivity index (χ3v) is 15.2. The Morgan fingerprint density at radius 1 is 0.452 bits per heavy atom. The van der Waals surface area contributed by atoms with Crippen molar-refractivity contribution in [3.8, 4) is 0 Å². The first-order valence-corrected chi connectivity index (χ1v) is 31.7. The maximum absolute atomic E-state index is 13.1. The Labute approximate surface area is 451 Å². The van der Waals surface area contributed by atoms with Crippen molar-refractivity contribution in [2.24, 2.45) is 0 Å². The van der Waals surface area contributed by atoms with Crippen LogP contribution in [0, 0.1) is 0 Å². The Bertz CT molecular complexity index is 1240. The van der Waals surface area contributed by atoms with E-state index in [1.165, 1.54) is 244 Å². The lowest BCUT2D eigenvalue weighted by molar-refractivity contribution is -0.302. The molecular weight excluding hydrogens is 911 g/mol. The van der Waals surface area contributed by atoms with E-state index in [1.54, 1.807) is 6.08 Å². The predicted molar refractivity (Wildman–Crippen MR) is 309 cm³/mol. The summed E-state index contributed by atoms with van der Waals surface area (Å²) in [6.07, 6.45) is 63.8. The highest BCUT2D eigenvalue weighted by molar-refractivity contribution is 5.76. The first kappa shape index (κ1) is 69.4. The number of nitrogens with one attached hydrogen (secondary N) is 1. The summed E-state index contributed by atoms with van der Waals surface area (Å²) in [5, 5.41) is 54.6. The van der Waals surface area contributed by atoms with Crippen molar-refractivity contribution in [1.82, 2.24) is 5.32 Å². The minimum atomic E-state index is -1.57. The Hall–Kier alpha value is -1.59. The van der Waals surface area contributed by atoms with Gasteiger partial charge in [-0.05, 0) is 44.9 Å². The number of allylic oxidation sites excluding steroid dienone is 5. The summed E-state index contributed by atoms with van der Waals surface area (Å²) in [5.74, 6) is -0.185.